The van der Waals surface area contributed by atoms with E-state index in [1.54, 1.807) is 0 Å². The van der Waals surface area contributed by atoms with Crippen LogP contribution < -0.4 is 11.1 Å². The van der Waals surface area contributed by atoms with E-state index < -0.39 is 26.0 Å². The minimum atomic E-state index is -3.50. The van der Waals surface area contributed by atoms with Gasteiger partial charge < -0.3 is 11.1 Å². The van der Waals surface area contributed by atoms with Crippen LogP contribution in [0, 0.1) is 0 Å². The minimum Gasteiger partial charge on any atom is -0.391 e. The van der Waals surface area contributed by atoms with Crippen LogP contribution in [-0.2, 0) is 14.6 Å². The van der Waals surface area contributed by atoms with E-state index in [0.717, 1.165) is 25.5 Å². The number of nitrogens with two attached hydrogens (primary N) is 1. The lowest BCUT2D eigenvalue weighted by Gasteiger charge is -2.39. The molecule has 110 valence electrons. The molecule has 0 unspecified atom stereocenters. The maximum absolute atomic E-state index is 12.3. The molecule has 0 heterocycles. The maximum Gasteiger partial charge on any atom is 0.241 e. The van der Waals surface area contributed by atoms with Gasteiger partial charge in [0.25, 0.3) is 0 Å². The summed E-state index contributed by atoms with van der Waals surface area (Å²) < 4.78 is 21.9. The van der Waals surface area contributed by atoms with Gasteiger partial charge in [-0.15, -0.1) is 0 Å². The normalized spacial score (nSPS) is 19.7. The van der Waals surface area contributed by atoms with E-state index in [1.165, 1.54) is 13.8 Å². The third-order valence-electron chi connectivity index (χ3n) is 4.01. The van der Waals surface area contributed by atoms with Gasteiger partial charge in [0.1, 0.15) is 4.75 Å². The van der Waals surface area contributed by atoms with Crippen LogP contribution in [0.4, 0.5) is 0 Å². The Bertz CT molecular complexity index is 477. The molecule has 0 aliphatic heterocycles. The highest BCUT2D eigenvalue weighted by Gasteiger charge is 2.44. The topological polar surface area (TPSA) is 89.3 Å². The van der Waals surface area contributed by atoms with E-state index in [1.807, 2.05) is 0 Å². The molecule has 1 aliphatic carbocycles. The molecule has 0 aromatic rings. The van der Waals surface area contributed by atoms with Crippen LogP contribution in [-0.4, -0.2) is 35.9 Å². The summed E-state index contributed by atoms with van der Waals surface area (Å²) in [5.41, 5.74) is 5.04. The third kappa shape index (κ3) is 3.25. The van der Waals surface area contributed by atoms with E-state index >= 15 is 0 Å². The Labute approximate surface area is 120 Å². The van der Waals surface area contributed by atoms with Crippen LogP contribution in [0.1, 0.15) is 46.0 Å². The first-order valence-electron chi connectivity index (χ1n) is 6.35. The van der Waals surface area contributed by atoms with Crippen molar-refractivity contribution >= 4 is 33.0 Å². The molecule has 3 N–H and O–H groups in total. The van der Waals surface area contributed by atoms with Gasteiger partial charge in [0.15, 0.2) is 9.84 Å². The van der Waals surface area contributed by atoms with Crippen LogP contribution in [0.2, 0.25) is 0 Å². The largest absolute Gasteiger partial charge is 0.391 e. The van der Waals surface area contributed by atoms with Gasteiger partial charge in [-0.05, 0) is 26.7 Å². The predicted octanol–water partition coefficient (Wildman–Crippen LogP) is 0.915. The molecule has 0 radical (unpaired) electrons. The summed E-state index contributed by atoms with van der Waals surface area (Å²) in [6.45, 7) is 2.79. The highest BCUT2D eigenvalue weighted by atomic mass is 32.2. The number of amides is 1. The van der Waals surface area contributed by atoms with Crippen molar-refractivity contribution in [3.63, 3.8) is 0 Å². The van der Waals surface area contributed by atoms with E-state index in [0.29, 0.717) is 12.8 Å². The van der Waals surface area contributed by atoms with Crippen LogP contribution >= 0.6 is 12.2 Å². The molecule has 5 nitrogen and oxygen atoms in total. The Hall–Kier alpha value is -0.690. The van der Waals surface area contributed by atoms with Gasteiger partial charge in [-0.3, -0.25) is 4.79 Å². The van der Waals surface area contributed by atoms with Crippen LogP contribution in [0.3, 0.4) is 0 Å². The quantitative estimate of drug-likeness (QED) is 0.754. The smallest absolute Gasteiger partial charge is 0.241 e. The number of nitrogens with one attached hydrogen (secondary N) is 1. The van der Waals surface area contributed by atoms with Crippen LogP contribution in [0.15, 0.2) is 0 Å². The lowest BCUT2D eigenvalue weighted by molar-refractivity contribution is -0.124. The first-order chi connectivity index (χ1) is 8.53. The summed E-state index contributed by atoms with van der Waals surface area (Å²) in [6.07, 6.45) is 5.34. The SMILES string of the molecule is CC(C)(C(=O)NC1(C(N)=S)CCCCC1)S(C)(=O)=O. The molecule has 0 aromatic carbocycles. The Morgan fingerprint density at radius 2 is 1.74 bits per heavy atom. The van der Waals surface area contributed by atoms with Crippen LogP contribution in [0.25, 0.3) is 0 Å². The first kappa shape index (κ1) is 16.4. The Kier molecular flexibility index (Phi) is 4.62. The van der Waals surface area contributed by atoms with Crippen molar-refractivity contribution in [3.8, 4) is 0 Å². The molecule has 0 bridgehead atoms. The van der Waals surface area contributed by atoms with Gasteiger partial charge >= 0.3 is 0 Å². The van der Waals surface area contributed by atoms with Gasteiger partial charge in [0, 0.05) is 6.26 Å². The molecular weight excluding hydrogens is 284 g/mol. The van der Waals surface area contributed by atoms with Crippen molar-refractivity contribution in [3.05, 3.63) is 0 Å². The van der Waals surface area contributed by atoms with E-state index in [-0.39, 0.29) is 4.99 Å². The van der Waals surface area contributed by atoms with Crippen molar-refractivity contribution in [1.29, 1.82) is 0 Å². The Balaban J connectivity index is 2.99. The average molecular weight is 306 g/mol. The first-order valence-corrected chi connectivity index (χ1v) is 8.65. The molecule has 0 saturated heterocycles. The van der Waals surface area contributed by atoms with Gasteiger partial charge in [0.2, 0.25) is 5.91 Å². The third-order valence-corrected chi connectivity index (χ3v) is 6.44. The fraction of sp³-hybridized carbons (Fsp3) is 0.833. The molecule has 1 amide bonds. The molecule has 1 rings (SSSR count). The molecule has 19 heavy (non-hydrogen) atoms. The summed E-state index contributed by atoms with van der Waals surface area (Å²) in [5.74, 6) is -0.537. The number of carbonyl (C=O) groups is 1. The fourth-order valence-electron chi connectivity index (χ4n) is 2.12. The lowest BCUT2D eigenvalue weighted by atomic mass is 9.81. The number of thiocarbonyl (C=S) groups is 1. The van der Waals surface area contributed by atoms with Gasteiger partial charge in [-0.25, -0.2) is 8.42 Å². The molecule has 1 aliphatic rings. The van der Waals surface area contributed by atoms with Gasteiger partial charge in [0.05, 0.1) is 10.5 Å². The zero-order valence-electron chi connectivity index (χ0n) is 11.7. The van der Waals surface area contributed by atoms with E-state index in [4.69, 9.17) is 18.0 Å². The summed E-state index contributed by atoms with van der Waals surface area (Å²) in [6, 6.07) is 0. The zero-order chi connectivity index (χ0) is 14.9. The monoisotopic (exact) mass is 306 g/mol. The van der Waals surface area contributed by atoms with Crippen molar-refractivity contribution < 1.29 is 13.2 Å². The molecular formula is C12H22N2O3S2. The number of carbonyl (C=O) groups excluding carboxylic acids is 1. The maximum atomic E-state index is 12.3. The van der Waals surface area contributed by atoms with Crippen molar-refractivity contribution in [1.82, 2.24) is 5.32 Å². The highest BCUT2D eigenvalue weighted by Crippen LogP contribution is 2.30. The van der Waals surface area contributed by atoms with E-state index in [9.17, 15) is 13.2 Å². The molecule has 1 saturated carbocycles. The average Bonchev–Trinajstić information content (AvgIpc) is 2.28. The van der Waals surface area contributed by atoms with Crippen LogP contribution in [0.5, 0.6) is 0 Å². The second-order valence-corrected chi connectivity index (χ2v) is 8.75. The summed E-state index contributed by atoms with van der Waals surface area (Å²) in [4.78, 5) is 12.5. The van der Waals surface area contributed by atoms with Crippen molar-refractivity contribution in [2.24, 2.45) is 5.73 Å². The van der Waals surface area contributed by atoms with Gasteiger partial charge in [-0.2, -0.15) is 0 Å². The minimum absolute atomic E-state index is 0.241. The molecule has 0 spiro atoms. The second kappa shape index (κ2) is 5.36. The molecule has 0 atom stereocenters. The summed E-state index contributed by atoms with van der Waals surface area (Å²) in [7, 11) is -3.50. The van der Waals surface area contributed by atoms with Gasteiger partial charge in [-0.1, -0.05) is 31.5 Å². The highest BCUT2D eigenvalue weighted by molar-refractivity contribution is 7.92. The Morgan fingerprint density at radius 1 is 1.26 bits per heavy atom. The second-order valence-electron chi connectivity index (χ2n) is 5.74. The molecule has 0 aromatic heterocycles. The number of sulfone groups is 1. The molecule has 7 heteroatoms. The van der Waals surface area contributed by atoms with Crippen molar-refractivity contribution in [2.75, 3.05) is 6.26 Å². The fourth-order valence-corrected chi connectivity index (χ4v) is 2.77. The standard InChI is InChI=1S/C12H22N2O3S2/c1-11(2,19(3,16)17)10(15)14-12(9(13)18)7-5-4-6-8-12/h4-8H2,1-3H3,(H2,13,18)(H,14,15). The van der Waals surface area contributed by atoms with E-state index in [2.05, 4.69) is 5.32 Å². The summed E-state index contributed by atoms with van der Waals surface area (Å²) in [5, 5.41) is 2.79. The molecule has 1 fully saturated rings. The number of rotatable bonds is 4. The number of hydrogen-bond donors (Lipinski definition) is 2. The predicted molar refractivity (Wildman–Crippen MR) is 79.7 cm³/mol. The summed E-state index contributed by atoms with van der Waals surface area (Å²) >= 11 is 5.08. The number of hydrogen-bond acceptors (Lipinski definition) is 4. The lowest BCUT2D eigenvalue weighted by Crippen LogP contribution is -2.62. The Morgan fingerprint density at radius 3 is 2.11 bits per heavy atom. The zero-order valence-corrected chi connectivity index (χ0v) is 13.3. The van der Waals surface area contributed by atoms with Crippen molar-refractivity contribution in [2.45, 2.75) is 56.2 Å².